The summed E-state index contributed by atoms with van der Waals surface area (Å²) in [7, 11) is 0. The highest BCUT2D eigenvalue weighted by molar-refractivity contribution is 6.11. The largest absolute Gasteiger partial charge is 0.368 e. The second-order valence-electron chi connectivity index (χ2n) is 7.35. The molecule has 2 unspecified atom stereocenters. The van der Waals surface area contributed by atoms with E-state index in [2.05, 4.69) is 17.0 Å². The lowest BCUT2D eigenvalue weighted by Crippen LogP contribution is -2.61. The van der Waals surface area contributed by atoms with Gasteiger partial charge in [-0.2, -0.15) is 0 Å². The third-order valence-corrected chi connectivity index (χ3v) is 5.33. The molecule has 0 radical (unpaired) electrons. The van der Waals surface area contributed by atoms with Crippen LogP contribution in [0.1, 0.15) is 36.9 Å². The molecule has 0 aromatic heterocycles. The van der Waals surface area contributed by atoms with Gasteiger partial charge in [0.25, 0.3) is 5.91 Å². The Bertz CT molecular complexity index is 949. The molecule has 2 atom stereocenters. The molecule has 7 nitrogen and oxygen atoms in total. The summed E-state index contributed by atoms with van der Waals surface area (Å²) in [5.74, 6) is -0.562. The first-order valence-electron chi connectivity index (χ1n) is 10.1. The molecule has 1 aliphatic heterocycles. The molecule has 1 saturated heterocycles. The fourth-order valence-corrected chi connectivity index (χ4v) is 3.53. The molecule has 0 bridgehead atoms. The molecule has 1 fully saturated rings. The number of imide groups is 1. The van der Waals surface area contributed by atoms with Crippen LogP contribution in [0.25, 0.3) is 0 Å². The molecule has 31 heavy (non-hydrogen) atoms. The number of nitrogens with zero attached hydrogens (tertiary/aromatic N) is 2. The van der Waals surface area contributed by atoms with Crippen LogP contribution in [-0.4, -0.2) is 40.7 Å². The minimum Gasteiger partial charge on any atom is -0.368 e. The van der Waals surface area contributed by atoms with Gasteiger partial charge < -0.3 is 10.4 Å². The van der Waals surface area contributed by atoms with Gasteiger partial charge in [-0.25, -0.2) is 14.7 Å². The van der Waals surface area contributed by atoms with E-state index >= 15 is 0 Å². The van der Waals surface area contributed by atoms with Gasteiger partial charge in [-0.05, 0) is 30.2 Å². The Kier molecular flexibility index (Phi) is 7.10. The molecule has 2 aromatic carbocycles. The Morgan fingerprint density at radius 3 is 2.19 bits per heavy atom. The second kappa shape index (κ2) is 9.95. The Balaban J connectivity index is 1.76. The predicted octanol–water partition coefficient (Wildman–Crippen LogP) is 3.67. The van der Waals surface area contributed by atoms with Crippen molar-refractivity contribution >= 4 is 24.5 Å². The molecule has 3 N–H and O–H groups in total. The Morgan fingerprint density at radius 2 is 1.74 bits per heavy atom. The molecular weight excluding hydrogens is 392 g/mol. The van der Waals surface area contributed by atoms with Gasteiger partial charge in [0.15, 0.2) is 6.23 Å². The van der Waals surface area contributed by atoms with Crippen molar-refractivity contribution in [1.82, 2.24) is 10.2 Å². The smallest absolute Gasteiger partial charge is 0.327 e. The minimum atomic E-state index is -1.32. The fraction of sp³-hybridized carbons (Fsp3) is 0.250. The topological polar surface area (TPSA) is 106 Å². The molecule has 1 heterocycles. The highest BCUT2D eigenvalue weighted by Crippen LogP contribution is 2.29. The van der Waals surface area contributed by atoms with Crippen LogP contribution in [0.15, 0.2) is 77.3 Å². The molecule has 1 aliphatic rings. The average molecular weight is 418 g/mol. The van der Waals surface area contributed by atoms with E-state index in [0.717, 1.165) is 16.0 Å². The number of amidine groups is 1. The number of carbonyl (C=O) groups is 2. The SMILES string of the molecule is C=NC(=N)CC(/C=C1\C(=O)N(C(=O)NC(c2ccccc2)c2ccccc2)C1O)CC. The van der Waals surface area contributed by atoms with Crippen LogP contribution in [0, 0.1) is 11.3 Å². The molecule has 0 spiro atoms. The zero-order valence-electron chi connectivity index (χ0n) is 17.4. The summed E-state index contributed by atoms with van der Waals surface area (Å²) in [6, 6.07) is 17.7. The summed E-state index contributed by atoms with van der Waals surface area (Å²) in [6.45, 7) is 5.25. The van der Waals surface area contributed by atoms with E-state index in [1.54, 1.807) is 6.08 Å². The molecular formula is C24H26N4O3. The van der Waals surface area contributed by atoms with Crippen LogP contribution in [0.2, 0.25) is 0 Å². The lowest BCUT2D eigenvalue weighted by molar-refractivity contribution is -0.142. The van der Waals surface area contributed by atoms with Crippen molar-refractivity contribution in [2.45, 2.75) is 32.0 Å². The highest BCUT2D eigenvalue weighted by atomic mass is 16.3. The predicted molar refractivity (Wildman–Crippen MR) is 120 cm³/mol. The Morgan fingerprint density at radius 1 is 1.19 bits per heavy atom. The third kappa shape index (κ3) is 4.95. The van der Waals surface area contributed by atoms with Crippen molar-refractivity contribution in [2.24, 2.45) is 10.9 Å². The van der Waals surface area contributed by atoms with Crippen molar-refractivity contribution in [1.29, 1.82) is 5.41 Å². The number of carbonyl (C=O) groups excluding carboxylic acids is 2. The van der Waals surface area contributed by atoms with Crippen molar-refractivity contribution in [3.63, 3.8) is 0 Å². The number of allylic oxidation sites excluding steroid dienone is 1. The van der Waals surface area contributed by atoms with Crippen LogP contribution in [-0.2, 0) is 4.79 Å². The zero-order valence-corrected chi connectivity index (χ0v) is 17.4. The summed E-state index contributed by atoms with van der Waals surface area (Å²) in [5.41, 5.74) is 1.89. The maximum absolute atomic E-state index is 12.9. The van der Waals surface area contributed by atoms with E-state index in [1.165, 1.54) is 0 Å². The van der Waals surface area contributed by atoms with E-state index < -0.39 is 24.2 Å². The van der Waals surface area contributed by atoms with Crippen molar-refractivity contribution in [2.75, 3.05) is 0 Å². The van der Waals surface area contributed by atoms with Gasteiger partial charge >= 0.3 is 6.03 Å². The molecule has 2 aromatic rings. The Labute approximate surface area is 181 Å². The summed E-state index contributed by atoms with van der Waals surface area (Å²) >= 11 is 0. The van der Waals surface area contributed by atoms with Crippen LogP contribution < -0.4 is 5.32 Å². The van der Waals surface area contributed by atoms with E-state index in [0.29, 0.717) is 12.8 Å². The summed E-state index contributed by atoms with van der Waals surface area (Å²) in [5, 5.41) is 21.0. The van der Waals surface area contributed by atoms with E-state index in [-0.39, 0.29) is 17.3 Å². The molecule has 3 amide bonds. The van der Waals surface area contributed by atoms with E-state index in [9.17, 15) is 14.7 Å². The number of aliphatic hydroxyl groups excluding tert-OH is 1. The summed E-state index contributed by atoms with van der Waals surface area (Å²) < 4.78 is 0. The second-order valence-corrected chi connectivity index (χ2v) is 7.35. The number of likely N-dealkylation sites (tertiary alicyclic amines) is 1. The molecule has 0 aliphatic carbocycles. The number of benzene rings is 2. The number of hydrogen-bond donors (Lipinski definition) is 3. The average Bonchev–Trinajstić information content (AvgIpc) is 2.81. The fourth-order valence-electron chi connectivity index (χ4n) is 3.53. The number of nitrogens with one attached hydrogen (secondary N) is 2. The van der Waals surface area contributed by atoms with Crippen LogP contribution in [0.5, 0.6) is 0 Å². The van der Waals surface area contributed by atoms with Gasteiger partial charge in [0, 0.05) is 6.42 Å². The lowest BCUT2D eigenvalue weighted by atomic mass is 9.93. The number of aliphatic imine (C=N–C) groups is 1. The number of amides is 3. The third-order valence-electron chi connectivity index (χ3n) is 5.33. The van der Waals surface area contributed by atoms with E-state index in [1.807, 2.05) is 67.6 Å². The van der Waals surface area contributed by atoms with Gasteiger partial charge in [-0.3, -0.25) is 10.2 Å². The van der Waals surface area contributed by atoms with Crippen LogP contribution in [0.3, 0.4) is 0 Å². The first-order valence-corrected chi connectivity index (χ1v) is 10.1. The van der Waals surface area contributed by atoms with Gasteiger partial charge in [-0.1, -0.05) is 73.7 Å². The summed E-state index contributed by atoms with van der Waals surface area (Å²) in [6.07, 6.45) is 1.29. The van der Waals surface area contributed by atoms with Gasteiger partial charge in [0.2, 0.25) is 0 Å². The number of hydrogen-bond acceptors (Lipinski definition) is 4. The van der Waals surface area contributed by atoms with Gasteiger partial charge in [-0.15, -0.1) is 0 Å². The highest BCUT2D eigenvalue weighted by Gasteiger charge is 2.46. The number of β-lactam (4-membered cyclic amide) rings is 1. The Hall–Kier alpha value is -3.58. The first kappa shape index (κ1) is 22.1. The van der Waals surface area contributed by atoms with Gasteiger partial charge in [0.1, 0.15) is 5.84 Å². The molecule has 3 rings (SSSR count). The van der Waals surface area contributed by atoms with Crippen LogP contribution in [0.4, 0.5) is 4.79 Å². The zero-order chi connectivity index (χ0) is 22.4. The van der Waals surface area contributed by atoms with Crippen molar-refractivity contribution in [3.8, 4) is 0 Å². The minimum absolute atomic E-state index is 0.119. The molecule has 160 valence electrons. The number of urea groups is 1. The summed E-state index contributed by atoms with van der Waals surface area (Å²) in [4.78, 5) is 29.9. The monoisotopic (exact) mass is 418 g/mol. The van der Waals surface area contributed by atoms with Gasteiger partial charge in [0.05, 0.1) is 11.6 Å². The van der Waals surface area contributed by atoms with Crippen molar-refractivity contribution in [3.05, 3.63) is 83.4 Å². The number of aliphatic hydroxyl groups is 1. The normalized spacial score (nSPS) is 17.9. The van der Waals surface area contributed by atoms with Crippen molar-refractivity contribution < 1.29 is 14.7 Å². The van der Waals surface area contributed by atoms with Crippen LogP contribution >= 0.6 is 0 Å². The maximum Gasteiger partial charge on any atom is 0.327 e. The van der Waals surface area contributed by atoms with E-state index in [4.69, 9.17) is 5.41 Å². The quantitative estimate of drug-likeness (QED) is 0.276. The molecule has 0 saturated carbocycles. The molecule has 7 heteroatoms. The first-order chi connectivity index (χ1) is 15.0. The maximum atomic E-state index is 12.9. The lowest BCUT2D eigenvalue weighted by Gasteiger charge is -2.38. The standard InChI is InChI=1S/C24H26N4O3/c1-3-16(15-20(25)26-2)14-19-22(29)28(23(19)30)24(31)27-21(17-10-6-4-7-11-17)18-12-8-5-9-13-18/h4-14,16,21-22,25,29H,2-3,15H2,1H3,(H,27,31)/b19-14-,25-20?. The number of rotatable bonds is 7.